The molecule has 14 heteroatoms. The molecule has 0 saturated heterocycles. The number of carboxylic acid groups (broad SMARTS) is 1. The Bertz CT molecular complexity index is 1410. The van der Waals surface area contributed by atoms with Crippen LogP contribution in [0, 0.1) is 6.92 Å². The van der Waals surface area contributed by atoms with Gasteiger partial charge in [-0.2, -0.15) is 13.2 Å². The number of methoxy groups -OCH3 is 1. The smallest absolute Gasteiger partial charge is 0.490 e. The van der Waals surface area contributed by atoms with Crippen LogP contribution in [-0.2, 0) is 21.8 Å². The number of aromatic nitrogens is 2. The molecule has 0 saturated carbocycles. The van der Waals surface area contributed by atoms with Crippen LogP contribution in [0.1, 0.15) is 46.5 Å². The minimum absolute atomic E-state index is 0.0420. The first-order valence-electron chi connectivity index (χ1n) is 12.5. The van der Waals surface area contributed by atoms with Gasteiger partial charge in [0.2, 0.25) is 0 Å². The van der Waals surface area contributed by atoms with Gasteiger partial charge < -0.3 is 29.8 Å². The zero-order valence-corrected chi connectivity index (χ0v) is 22.9. The van der Waals surface area contributed by atoms with Gasteiger partial charge in [-0.05, 0) is 55.3 Å². The SMILES string of the molecule is COc1ccc(CNC(=O)c2cc(C3=NOC(C)(c4ccc(OCCO)cc4)C3)nc(C)n2)cc1.O=C(O)C(F)(F)F. The lowest BCUT2D eigenvalue weighted by Crippen LogP contribution is -2.25. The number of aliphatic hydroxyl groups is 1. The molecule has 1 aliphatic heterocycles. The van der Waals surface area contributed by atoms with E-state index >= 15 is 0 Å². The number of amides is 1. The Morgan fingerprint density at radius 1 is 1.07 bits per heavy atom. The number of alkyl halides is 3. The Labute approximate surface area is 239 Å². The highest BCUT2D eigenvalue weighted by Gasteiger charge is 2.38. The Kier molecular flexibility index (Phi) is 10.4. The summed E-state index contributed by atoms with van der Waals surface area (Å²) in [5.74, 6) is -1.16. The van der Waals surface area contributed by atoms with Gasteiger partial charge in [-0.15, -0.1) is 0 Å². The molecule has 1 unspecified atom stereocenters. The number of aryl methyl sites for hydroxylation is 1. The van der Waals surface area contributed by atoms with E-state index in [1.807, 2.05) is 55.5 Å². The van der Waals surface area contributed by atoms with Gasteiger partial charge in [0.1, 0.15) is 35.3 Å². The molecule has 2 heterocycles. The van der Waals surface area contributed by atoms with E-state index in [0.717, 1.165) is 16.9 Å². The second-order valence-corrected chi connectivity index (χ2v) is 9.15. The molecule has 3 N–H and O–H groups in total. The van der Waals surface area contributed by atoms with Crippen molar-refractivity contribution in [2.45, 2.75) is 38.6 Å². The highest BCUT2D eigenvalue weighted by atomic mass is 19.4. The van der Waals surface area contributed by atoms with Crippen molar-refractivity contribution >= 4 is 17.6 Å². The normalized spacial score (nSPS) is 15.9. The van der Waals surface area contributed by atoms with Crippen LogP contribution >= 0.6 is 0 Å². The van der Waals surface area contributed by atoms with Crippen LogP contribution in [0.25, 0.3) is 0 Å². The molecule has 224 valence electrons. The van der Waals surface area contributed by atoms with Gasteiger partial charge in [-0.25, -0.2) is 14.8 Å². The highest BCUT2D eigenvalue weighted by Crippen LogP contribution is 2.36. The lowest BCUT2D eigenvalue weighted by Gasteiger charge is -2.22. The largest absolute Gasteiger partial charge is 0.497 e. The molecule has 4 rings (SSSR count). The molecule has 3 aromatic rings. The Balaban J connectivity index is 0.000000616. The summed E-state index contributed by atoms with van der Waals surface area (Å²) in [5, 5.41) is 23.2. The van der Waals surface area contributed by atoms with Crippen LogP contribution in [0.3, 0.4) is 0 Å². The number of aliphatic hydroxyl groups excluding tert-OH is 1. The standard InChI is InChI=1S/C26H28N4O5.C2HF3O2/c1-17-28-22(14-23(29-17)25(32)27-16-18-4-8-20(33-3)9-5-18)24-15-26(2,35-30-24)19-6-10-21(11-7-19)34-13-12-31;3-2(4,5)1(6)7/h4-11,14,31H,12-13,15-16H2,1-3H3,(H,27,32);(H,6,7). The number of hydrogen-bond acceptors (Lipinski definition) is 9. The van der Waals surface area contributed by atoms with Crippen LogP contribution in [0.15, 0.2) is 59.8 Å². The first-order chi connectivity index (χ1) is 19.8. The van der Waals surface area contributed by atoms with E-state index in [0.29, 0.717) is 35.9 Å². The van der Waals surface area contributed by atoms with Crippen LogP contribution in [0.5, 0.6) is 11.5 Å². The molecule has 42 heavy (non-hydrogen) atoms. The zero-order valence-electron chi connectivity index (χ0n) is 22.9. The molecular weight excluding hydrogens is 561 g/mol. The van der Waals surface area contributed by atoms with Gasteiger partial charge in [-0.3, -0.25) is 4.79 Å². The minimum Gasteiger partial charge on any atom is -0.497 e. The van der Waals surface area contributed by atoms with Gasteiger partial charge in [0, 0.05) is 13.0 Å². The van der Waals surface area contributed by atoms with E-state index in [1.165, 1.54) is 0 Å². The van der Waals surface area contributed by atoms with Crippen molar-refractivity contribution in [1.29, 1.82) is 0 Å². The van der Waals surface area contributed by atoms with Crippen LogP contribution in [-0.4, -0.2) is 64.3 Å². The van der Waals surface area contributed by atoms with E-state index < -0.39 is 17.7 Å². The lowest BCUT2D eigenvalue weighted by molar-refractivity contribution is -0.192. The second kappa shape index (κ2) is 13.8. The van der Waals surface area contributed by atoms with Gasteiger partial charge in [0.05, 0.1) is 19.4 Å². The van der Waals surface area contributed by atoms with Gasteiger partial charge in [0.25, 0.3) is 5.91 Å². The molecule has 1 atom stereocenters. The monoisotopic (exact) mass is 590 g/mol. The third kappa shape index (κ3) is 8.64. The second-order valence-electron chi connectivity index (χ2n) is 9.15. The van der Waals surface area contributed by atoms with Crippen molar-refractivity contribution < 1.29 is 47.3 Å². The number of carbonyl (C=O) groups excluding carboxylic acids is 1. The molecule has 0 spiro atoms. The third-order valence-electron chi connectivity index (χ3n) is 5.91. The fraction of sp³-hybridized carbons (Fsp3) is 0.321. The number of carboxylic acids is 1. The van der Waals surface area contributed by atoms with Gasteiger partial charge >= 0.3 is 12.1 Å². The fourth-order valence-corrected chi connectivity index (χ4v) is 3.75. The van der Waals surface area contributed by atoms with Crippen LogP contribution < -0.4 is 14.8 Å². The quantitative estimate of drug-likeness (QED) is 0.338. The number of nitrogens with one attached hydrogen (secondary N) is 1. The maximum Gasteiger partial charge on any atom is 0.490 e. The summed E-state index contributed by atoms with van der Waals surface area (Å²) in [6.07, 6.45) is -4.60. The summed E-state index contributed by atoms with van der Waals surface area (Å²) in [4.78, 5) is 36.3. The number of ether oxygens (including phenoxy) is 2. The lowest BCUT2D eigenvalue weighted by atomic mass is 9.90. The summed E-state index contributed by atoms with van der Waals surface area (Å²) >= 11 is 0. The number of oxime groups is 1. The molecule has 1 amide bonds. The van der Waals surface area contributed by atoms with Crippen molar-refractivity contribution in [2.75, 3.05) is 20.3 Å². The number of halogens is 3. The topological polar surface area (TPSA) is 152 Å². The first-order valence-corrected chi connectivity index (χ1v) is 12.5. The summed E-state index contributed by atoms with van der Waals surface area (Å²) in [7, 11) is 1.61. The number of rotatable bonds is 9. The number of benzene rings is 2. The fourth-order valence-electron chi connectivity index (χ4n) is 3.75. The number of carbonyl (C=O) groups is 2. The summed E-state index contributed by atoms with van der Waals surface area (Å²) in [5.41, 5.74) is 2.66. The molecule has 0 radical (unpaired) electrons. The van der Waals surface area contributed by atoms with Crippen molar-refractivity contribution in [3.63, 3.8) is 0 Å². The average Bonchev–Trinajstić information content (AvgIpc) is 3.38. The van der Waals surface area contributed by atoms with Gasteiger partial charge in [0.15, 0.2) is 5.60 Å². The van der Waals surface area contributed by atoms with E-state index in [2.05, 4.69) is 20.4 Å². The highest BCUT2D eigenvalue weighted by molar-refractivity contribution is 6.02. The zero-order chi connectivity index (χ0) is 30.9. The maximum atomic E-state index is 12.8. The molecule has 1 aromatic heterocycles. The van der Waals surface area contributed by atoms with E-state index in [-0.39, 0.29) is 24.8 Å². The van der Waals surface area contributed by atoms with Crippen molar-refractivity contribution in [3.05, 3.63) is 82.9 Å². The van der Waals surface area contributed by atoms with Crippen LogP contribution in [0.2, 0.25) is 0 Å². The molecule has 0 fully saturated rings. The molecule has 2 aromatic carbocycles. The van der Waals surface area contributed by atoms with Crippen molar-refractivity contribution in [2.24, 2.45) is 5.16 Å². The summed E-state index contributed by atoms with van der Waals surface area (Å²) in [6.45, 7) is 4.25. The maximum absolute atomic E-state index is 12.8. The van der Waals surface area contributed by atoms with Gasteiger partial charge in [-0.1, -0.05) is 29.4 Å². The molecule has 0 bridgehead atoms. The molecular formula is C28H29F3N4O7. The summed E-state index contributed by atoms with van der Waals surface area (Å²) in [6, 6.07) is 16.6. The minimum atomic E-state index is -5.08. The first kappa shape index (κ1) is 31.8. The predicted molar refractivity (Wildman–Crippen MR) is 143 cm³/mol. The van der Waals surface area contributed by atoms with E-state index in [4.69, 9.17) is 29.3 Å². The Morgan fingerprint density at radius 3 is 2.26 bits per heavy atom. The number of hydrogen-bond donors (Lipinski definition) is 3. The molecule has 11 nitrogen and oxygen atoms in total. The summed E-state index contributed by atoms with van der Waals surface area (Å²) < 4.78 is 42.3. The van der Waals surface area contributed by atoms with Crippen LogP contribution in [0.4, 0.5) is 13.2 Å². The van der Waals surface area contributed by atoms with E-state index in [1.54, 1.807) is 20.1 Å². The molecule has 1 aliphatic rings. The third-order valence-corrected chi connectivity index (χ3v) is 5.91. The predicted octanol–water partition coefficient (Wildman–Crippen LogP) is 3.77. The average molecular weight is 591 g/mol. The number of nitrogens with zero attached hydrogens (tertiary/aromatic N) is 3. The van der Waals surface area contributed by atoms with E-state index in [9.17, 15) is 18.0 Å². The number of aliphatic carboxylic acids is 1. The Morgan fingerprint density at radius 2 is 1.69 bits per heavy atom. The van der Waals surface area contributed by atoms with Crippen molar-refractivity contribution in [1.82, 2.24) is 15.3 Å². The van der Waals surface area contributed by atoms with Crippen molar-refractivity contribution in [3.8, 4) is 11.5 Å². The molecule has 0 aliphatic carbocycles. The Hall–Kier alpha value is -4.72.